The zero-order valence-corrected chi connectivity index (χ0v) is 12.4. The third-order valence-electron chi connectivity index (χ3n) is 3.05. The zero-order chi connectivity index (χ0) is 14.1. The molecule has 3 heterocycles. The standard InChI is InChI=1S/C13H17N5OS/c1-8(2)19-13-16-11(14)15-12(17-13)18-5-3-10-9(7-18)4-6-20-10/h4,6,8H,3,5,7H2,1-2H3,(H2,14,15,16,17). The monoisotopic (exact) mass is 291 g/mol. The van der Waals surface area contributed by atoms with Gasteiger partial charge in [-0.25, -0.2) is 0 Å². The van der Waals surface area contributed by atoms with Crippen molar-refractivity contribution in [3.63, 3.8) is 0 Å². The molecule has 106 valence electrons. The van der Waals surface area contributed by atoms with Gasteiger partial charge in [0.25, 0.3) is 0 Å². The fourth-order valence-electron chi connectivity index (χ4n) is 2.19. The molecule has 3 rings (SSSR count). The van der Waals surface area contributed by atoms with E-state index in [1.165, 1.54) is 10.4 Å². The lowest BCUT2D eigenvalue weighted by Gasteiger charge is -2.27. The molecule has 0 saturated carbocycles. The molecule has 0 aliphatic carbocycles. The minimum absolute atomic E-state index is 0.00878. The van der Waals surface area contributed by atoms with Crippen molar-refractivity contribution in [1.82, 2.24) is 15.0 Å². The number of nitrogen functional groups attached to an aromatic ring is 1. The first kappa shape index (κ1) is 13.1. The van der Waals surface area contributed by atoms with Gasteiger partial charge in [0, 0.05) is 18.0 Å². The Morgan fingerprint density at radius 1 is 1.35 bits per heavy atom. The number of anilines is 2. The van der Waals surface area contributed by atoms with Gasteiger partial charge in [0.1, 0.15) is 0 Å². The first-order valence-corrected chi connectivity index (χ1v) is 7.48. The van der Waals surface area contributed by atoms with Crippen LogP contribution < -0.4 is 15.4 Å². The normalized spacial score (nSPS) is 14.4. The van der Waals surface area contributed by atoms with Gasteiger partial charge in [-0.15, -0.1) is 11.3 Å². The molecule has 20 heavy (non-hydrogen) atoms. The number of nitrogens with zero attached hydrogens (tertiary/aromatic N) is 4. The van der Waals surface area contributed by atoms with E-state index in [9.17, 15) is 0 Å². The molecule has 2 N–H and O–H groups in total. The molecule has 0 amide bonds. The van der Waals surface area contributed by atoms with Gasteiger partial charge < -0.3 is 15.4 Å². The minimum atomic E-state index is 0.00878. The van der Waals surface area contributed by atoms with E-state index in [2.05, 4.69) is 31.3 Å². The number of rotatable bonds is 3. The molecule has 1 aliphatic rings. The van der Waals surface area contributed by atoms with E-state index in [1.54, 1.807) is 0 Å². The maximum atomic E-state index is 5.75. The van der Waals surface area contributed by atoms with Crippen LogP contribution in [0.5, 0.6) is 6.01 Å². The van der Waals surface area contributed by atoms with E-state index < -0.39 is 0 Å². The summed E-state index contributed by atoms with van der Waals surface area (Å²) in [6, 6.07) is 2.45. The number of hydrogen-bond acceptors (Lipinski definition) is 7. The fraction of sp³-hybridized carbons (Fsp3) is 0.462. The molecule has 7 heteroatoms. The second-order valence-electron chi connectivity index (χ2n) is 4.98. The van der Waals surface area contributed by atoms with Crippen LogP contribution in [0, 0.1) is 0 Å². The van der Waals surface area contributed by atoms with E-state index in [-0.39, 0.29) is 12.1 Å². The van der Waals surface area contributed by atoms with Crippen molar-refractivity contribution in [1.29, 1.82) is 0 Å². The molecule has 0 spiro atoms. The molecule has 6 nitrogen and oxygen atoms in total. The minimum Gasteiger partial charge on any atom is -0.461 e. The van der Waals surface area contributed by atoms with Crippen LogP contribution >= 0.6 is 11.3 Å². The molecular weight excluding hydrogens is 274 g/mol. The highest BCUT2D eigenvalue weighted by atomic mass is 32.1. The summed E-state index contributed by atoms with van der Waals surface area (Å²) in [6.45, 7) is 5.55. The molecule has 0 saturated heterocycles. The molecule has 0 fully saturated rings. The van der Waals surface area contributed by atoms with E-state index in [4.69, 9.17) is 10.5 Å². The highest BCUT2D eigenvalue weighted by Crippen LogP contribution is 2.26. The average molecular weight is 291 g/mol. The van der Waals surface area contributed by atoms with Crippen LogP contribution in [0.1, 0.15) is 24.3 Å². The Morgan fingerprint density at radius 3 is 3.00 bits per heavy atom. The van der Waals surface area contributed by atoms with Gasteiger partial charge in [-0.1, -0.05) is 0 Å². The van der Waals surface area contributed by atoms with Crippen LogP contribution in [-0.4, -0.2) is 27.6 Å². The van der Waals surface area contributed by atoms with E-state index in [0.717, 1.165) is 19.5 Å². The molecule has 0 aromatic carbocycles. The Hall–Kier alpha value is -1.89. The molecule has 2 aromatic heterocycles. The quantitative estimate of drug-likeness (QED) is 0.930. The Kier molecular flexibility index (Phi) is 3.43. The second-order valence-corrected chi connectivity index (χ2v) is 5.98. The largest absolute Gasteiger partial charge is 0.461 e. The maximum absolute atomic E-state index is 5.75. The number of ether oxygens (including phenoxy) is 1. The van der Waals surface area contributed by atoms with Crippen LogP contribution in [0.2, 0.25) is 0 Å². The van der Waals surface area contributed by atoms with Crippen molar-refractivity contribution >= 4 is 23.2 Å². The van der Waals surface area contributed by atoms with Gasteiger partial charge in [-0.3, -0.25) is 0 Å². The topological polar surface area (TPSA) is 77.2 Å². The summed E-state index contributed by atoms with van der Waals surface area (Å²) in [5.41, 5.74) is 7.09. The first-order chi connectivity index (χ1) is 9.61. The van der Waals surface area contributed by atoms with Gasteiger partial charge in [-0.05, 0) is 37.3 Å². The van der Waals surface area contributed by atoms with Crippen molar-refractivity contribution < 1.29 is 4.74 Å². The van der Waals surface area contributed by atoms with E-state index >= 15 is 0 Å². The third kappa shape index (κ3) is 2.67. The summed E-state index contributed by atoms with van der Waals surface area (Å²) in [6.07, 6.45) is 1.02. The van der Waals surface area contributed by atoms with Crippen LogP contribution in [0.25, 0.3) is 0 Å². The average Bonchev–Trinajstić information content (AvgIpc) is 2.84. The van der Waals surface area contributed by atoms with Gasteiger partial charge in [0.05, 0.1) is 6.10 Å². The van der Waals surface area contributed by atoms with E-state index in [0.29, 0.717) is 12.0 Å². The fourth-order valence-corrected chi connectivity index (χ4v) is 3.07. The number of aromatic nitrogens is 3. The van der Waals surface area contributed by atoms with Crippen LogP contribution in [-0.2, 0) is 13.0 Å². The summed E-state index contributed by atoms with van der Waals surface area (Å²) in [4.78, 5) is 16.2. The summed E-state index contributed by atoms with van der Waals surface area (Å²) < 4.78 is 5.51. The molecule has 1 aliphatic heterocycles. The van der Waals surface area contributed by atoms with Crippen molar-refractivity contribution in [3.05, 3.63) is 21.9 Å². The lowest BCUT2D eigenvalue weighted by molar-refractivity contribution is 0.222. The van der Waals surface area contributed by atoms with Gasteiger partial charge in [0.2, 0.25) is 11.9 Å². The molecular formula is C13H17N5OS. The lowest BCUT2D eigenvalue weighted by Crippen LogP contribution is -2.31. The smallest absolute Gasteiger partial charge is 0.323 e. The second kappa shape index (κ2) is 5.24. The van der Waals surface area contributed by atoms with Crippen LogP contribution in [0.4, 0.5) is 11.9 Å². The molecule has 0 bridgehead atoms. The summed E-state index contributed by atoms with van der Waals surface area (Å²) in [5, 5.41) is 2.13. The van der Waals surface area contributed by atoms with Crippen molar-refractivity contribution in [3.8, 4) is 6.01 Å². The summed E-state index contributed by atoms with van der Waals surface area (Å²) in [7, 11) is 0. The lowest BCUT2D eigenvalue weighted by atomic mass is 10.1. The van der Waals surface area contributed by atoms with Gasteiger partial charge in [-0.2, -0.15) is 15.0 Å². The number of hydrogen-bond donors (Lipinski definition) is 1. The van der Waals surface area contributed by atoms with Crippen molar-refractivity contribution in [2.75, 3.05) is 17.2 Å². The number of thiophene rings is 1. The number of fused-ring (bicyclic) bond motifs is 1. The predicted octanol–water partition coefficient (Wildman–Crippen LogP) is 1.87. The molecule has 0 radical (unpaired) electrons. The van der Waals surface area contributed by atoms with Crippen molar-refractivity contribution in [2.24, 2.45) is 0 Å². The van der Waals surface area contributed by atoms with Crippen LogP contribution in [0.3, 0.4) is 0 Å². The summed E-state index contributed by atoms with van der Waals surface area (Å²) >= 11 is 1.81. The first-order valence-electron chi connectivity index (χ1n) is 6.60. The SMILES string of the molecule is CC(C)Oc1nc(N)nc(N2CCc3sccc3C2)n1. The van der Waals surface area contributed by atoms with Crippen molar-refractivity contribution in [2.45, 2.75) is 32.9 Å². The Balaban J connectivity index is 1.85. The Bertz CT molecular complexity index is 613. The van der Waals surface area contributed by atoms with Gasteiger partial charge in [0.15, 0.2) is 0 Å². The highest BCUT2D eigenvalue weighted by molar-refractivity contribution is 7.10. The maximum Gasteiger partial charge on any atom is 0.323 e. The Labute approximate surface area is 121 Å². The number of nitrogens with two attached hydrogens (primary N) is 1. The summed E-state index contributed by atoms with van der Waals surface area (Å²) in [5.74, 6) is 0.784. The Morgan fingerprint density at radius 2 is 2.20 bits per heavy atom. The van der Waals surface area contributed by atoms with Gasteiger partial charge >= 0.3 is 6.01 Å². The van der Waals surface area contributed by atoms with E-state index in [1.807, 2.05) is 25.2 Å². The molecule has 2 aromatic rings. The molecule has 0 atom stereocenters. The highest BCUT2D eigenvalue weighted by Gasteiger charge is 2.20. The van der Waals surface area contributed by atoms with Crippen LogP contribution in [0.15, 0.2) is 11.4 Å². The zero-order valence-electron chi connectivity index (χ0n) is 11.5. The third-order valence-corrected chi connectivity index (χ3v) is 4.08. The molecule has 0 unspecified atom stereocenters. The predicted molar refractivity (Wildman–Crippen MR) is 79.1 cm³/mol.